The zero-order chi connectivity index (χ0) is 6.57. The molecule has 0 saturated carbocycles. The molecule has 0 aromatic rings. The summed E-state index contributed by atoms with van der Waals surface area (Å²) in [6, 6.07) is 0. The molecule has 0 unspecified atom stereocenters. The first kappa shape index (κ1) is 7.07. The Morgan fingerprint density at radius 1 is 1.50 bits per heavy atom. The molecule has 0 aliphatic rings. The highest BCUT2D eigenvalue weighted by Gasteiger charge is 1.98. The highest BCUT2D eigenvalue weighted by Crippen LogP contribution is 1.80. The van der Waals surface area contributed by atoms with Crippen LogP contribution in [0.2, 0.25) is 0 Å². The maximum Gasteiger partial charge on any atom is 0.169 e. The number of ketones is 1. The largest absolute Gasteiger partial charge is 0.550 e. The molecule has 0 rings (SSSR count). The smallest absolute Gasteiger partial charge is 0.169 e. The van der Waals surface area contributed by atoms with Crippen LogP contribution in [-0.2, 0) is 9.59 Å². The van der Waals surface area contributed by atoms with Gasteiger partial charge in [0.1, 0.15) is 6.67 Å². The molecule has 0 N–H and O–H groups in total. The molecular weight excluding hydrogens is 115 g/mol. The van der Waals surface area contributed by atoms with Crippen LogP contribution in [0.15, 0.2) is 0 Å². The second-order valence-corrected chi connectivity index (χ2v) is 1.22. The van der Waals surface area contributed by atoms with Crippen LogP contribution in [-0.4, -0.2) is 18.4 Å². The molecule has 3 nitrogen and oxygen atoms in total. The SMILES string of the molecule is O=C([O-])CC(=O)CF. The van der Waals surface area contributed by atoms with Gasteiger partial charge >= 0.3 is 0 Å². The number of Topliss-reactive ketones (excluding diaryl/α,β-unsaturated/α-hetero) is 1. The van der Waals surface area contributed by atoms with E-state index < -0.39 is 24.8 Å². The number of rotatable bonds is 3. The maximum atomic E-state index is 11.1. The van der Waals surface area contributed by atoms with Crippen molar-refractivity contribution in [2.45, 2.75) is 6.42 Å². The van der Waals surface area contributed by atoms with Crippen LogP contribution in [0, 0.1) is 0 Å². The first-order valence-corrected chi connectivity index (χ1v) is 1.94. The summed E-state index contributed by atoms with van der Waals surface area (Å²) in [4.78, 5) is 19.3. The van der Waals surface area contributed by atoms with E-state index in [2.05, 4.69) is 0 Å². The summed E-state index contributed by atoms with van der Waals surface area (Å²) in [5, 5.41) is 9.47. The van der Waals surface area contributed by atoms with Crippen molar-refractivity contribution in [2.75, 3.05) is 6.67 Å². The highest BCUT2D eigenvalue weighted by molar-refractivity contribution is 5.94. The van der Waals surface area contributed by atoms with Crippen LogP contribution in [0.5, 0.6) is 0 Å². The number of carboxylic acids is 1. The first-order valence-electron chi connectivity index (χ1n) is 1.94. The van der Waals surface area contributed by atoms with Crippen LogP contribution in [0.25, 0.3) is 0 Å². The summed E-state index contributed by atoms with van der Waals surface area (Å²) in [5.74, 6) is -2.49. The number of halogens is 1. The molecule has 4 heteroatoms. The Kier molecular flexibility index (Phi) is 2.76. The molecule has 0 aromatic heterocycles. The number of carbonyl (C=O) groups is 2. The van der Waals surface area contributed by atoms with Crippen LogP contribution >= 0.6 is 0 Å². The predicted octanol–water partition coefficient (Wildman–Crippen LogP) is -1.33. The van der Waals surface area contributed by atoms with E-state index in [4.69, 9.17) is 0 Å². The lowest BCUT2D eigenvalue weighted by Crippen LogP contribution is -2.25. The topological polar surface area (TPSA) is 57.2 Å². The molecule has 8 heavy (non-hydrogen) atoms. The second kappa shape index (κ2) is 3.12. The Labute approximate surface area is 45.1 Å². The molecule has 46 valence electrons. The summed E-state index contributed by atoms with van der Waals surface area (Å²) in [5.41, 5.74) is 0. The average Bonchev–Trinajstić information content (AvgIpc) is 1.65. The van der Waals surface area contributed by atoms with E-state index in [9.17, 15) is 19.1 Å². The number of hydrogen-bond acceptors (Lipinski definition) is 3. The van der Waals surface area contributed by atoms with Gasteiger partial charge in [0.05, 0.1) is 0 Å². The van der Waals surface area contributed by atoms with Crippen LogP contribution in [0.4, 0.5) is 4.39 Å². The lowest BCUT2D eigenvalue weighted by molar-refractivity contribution is -0.304. The Morgan fingerprint density at radius 2 is 2.00 bits per heavy atom. The van der Waals surface area contributed by atoms with Gasteiger partial charge in [0.15, 0.2) is 5.78 Å². The second-order valence-electron chi connectivity index (χ2n) is 1.22. The molecule has 0 aromatic carbocycles. The third-order valence-corrected chi connectivity index (χ3v) is 0.491. The molecule has 0 radical (unpaired) electrons. The van der Waals surface area contributed by atoms with Gasteiger partial charge in [-0.05, 0) is 0 Å². The summed E-state index contributed by atoms with van der Waals surface area (Å²) in [7, 11) is 0. The van der Waals surface area contributed by atoms with E-state index in [1.807, 2.05) is 0 Å². The zero-order valence-electron chi connectivity index (χ0n) is 4.02. The number of alkyl halides is 1. The van der Waals surface area contributed by atoms with E-state index in [0.717, 1.165) is 0 Å². The summed E-state index contributed by atoms with van der Waals surface area (Å²) in [6.07, 6.45) is -0.823. The third-order valence-electron chi connectivity index (χ3n) is 0.491. The van der Waals surface area contributed by atoms with E-state index in [0.29, 0.717) is 0 Å². The fourth-order valence-electron chi connectivity index (χ4n) is 0.208. The molecule has 0 saturated heterocycles. The van der Waals surface area contributed by atoms with Crippen LogP contribution in [0.3, 0.4) is 0 Å². The van der Waals surface area contributed by atoms with Gasteiger partial charge in [-0.2, -0.15) is 0 Å². The summed E-state index contributed by atoms with van der Waals surface area (Å²) < 4.78 is 11.1. The van der Waals surface area contributed by atoms with E-state index in [1.54, 1.807) is 0 Å². The molecule has 0 spiro atoms. The average molecular weight is 119 g/mol. The van der Waals surface area contributed by atoms with Crippen molar-refractivity contribution in [1.29, 1.82) is 0 Å². The molecule has 0 heterocycles. The Bertz CT molecular complexity index is 110. The fourth-order valence-corrected chi connectivity index (χ4v) is 0.208. The predicted molar refractivity (Wildman–Crippen MR) is 20.6 cm³/mol. The summed E-state index contributed by atoms with van der Waals surface area (Å²) >= 11 is 0. The van der Waals surface area contributed by atoms with E-state index >= 15 is 0 Å². The van der Waals surface area contributed by atoms with Gasteiger partial charge in [-0.25, -0.2) is 4.39 Å². The van der Waals surface area contributed by atoms with Gasteiger partial charge in [0.2, 0.25) is 0 Å². The quantitative estimate of drug-likeness (QED) is 0.432. The summed E-state index contributed by atoms with van der Waals surface area (Å²) in [6.45, 7) is -1.23. The van der Waals surface area contributed by atoms with Gasteiger partial charge in [0.25, 0.3) is 0 Å². The molecule has 0 amide bonds. The van der Waals surface area contributed by atoms with Gasteiger partial charge in [-0.3, -0.25) is 4.79 Å². The van der Waals surface area contributed by atoms with Crippen LogP contribution < -0.4 is 5.11 Å². The molecule has 0 atom stereocenters. The molecular formula is C4H4FO3-. The van der Waals surface area contributed by atoms with E-state index in [-0.39, 0.29) is 0 Å². The standard InChI is InChI=1S/C4H5FO3/c5-2-3(6)1-4(7)8/h1-2H2,(H,7,8)/p-1. The highest BCUT2D eigenvalue weighted by atomic mass is 19.1. The van der Waals surface area contributed by atoms with Gasteiger partial charge in [-0.1, -0.05) is 0 Å². The van der Waals surface area contributed by atoms with E-state index in [1.165, 1.54) is 0 Å². The number of hydrogen-bond donors (Lipinski definition) is 0. The number of carboxylic acid groups (broad SMARTS) is 1. The van der Waals surface area contributed by atoms with Crippen LogP contribution in [0.1, 0.15) is 6.42 Å². The maximum absolute atomic E-state index is 11.1. The number of carbonyl (C=O) groups excluding carboxylic acids is 2. The van der Waals surface area contributed by atoms with Crippen molar-refractivity contribution in [3.8, 4) is 0 Å². The first-order chi connectivity index (χ1) is 3.66. The minimum atomic E-state index is -1.53. The molecule has 0 fully saturated rings. The van der Waals surface area contributed by atoms with Crippen molar-refractivity contribution in [3.63, 3.8) is 0 Å². The van der Waals surface area contributed by atoms with Crippen molar-refractivity contribution in [1.82, 2.24) is 0 Å². The van der Waals surface area contributed by atoms with Gasteiger partial charge in [-0.15, -0.1) is 0 Å². The minimum absolute atomic E-state index is 0.823. The third kappa shape index (κ3) is 3.27. The van der Waals surface area contributed by atoms with Crippen molar-refractivity contribution >= 4 is 11.8 Å². The fraction of sp³-hybridized carbons (Fsp3) is 0.500. The Balaban J connectivity index is 3.40. The zero-order valence-corrected chi connectivity index (χ0v) is 4.02. The normalized spacial score (nSPS) is 8.62. The molecule has 0 aliphatic heterocycles. The van der Waals surface area contributed by atoms with Gasteiger partial charge in [0, 0.05) is 12.4 Å². The monoisotopic (exact) mass is 119 g/mol. The Hall–Kier alpha value is -0.930. The van der Waals surface area contributed by atoms with Crippen molar-refractivity contribution < 1.29 is 19.1 Å². The van der Waals surface area contributed by atoms with Gasteiger partial charge < -0.3 is 9.90 Å². The van der Waals surface area contributed by atoms with Crippen molar-refractivity contribution in [3.05, 3.63) is 0 Å². The Morgan fingerprint density at radius 3 is 2.12 bits per heavy atom. The lowest BCUT2D eigenvalue weighted by atomic mass is 10.3. The molecule has 0 bridgehead atoms. The molecule has 0 aliphatic carbocycles. The number of aliphatic carboxylic acids is 1. The van der Waals surface area contributed by atoms with Crippen molar-refractivity contribution in [2.24, 2.45) is 0 Å². The minimum Gasteiger partial charge on any atom is -0.550 e. The lowest BCUT2D eigenvalue weighted by Gasteiger charge is -1.94.